The molecular formula is C12H14N4O2. The van der Waals surface area contributed by atoms with Crippen molar-refractivity contribution in [1.29, 1.82) is 0 Å². The topological polar surface area (TPSA) is 83.0 Å². The van der Waals surface area contributed by atoms with Gasteiger partial charge in [-0.25, -0.2) is 14.5 Å². The van der Waals surface area contributed by atoms with Gasteiger partial charge in [-0.05, 0) is 31.2 Å². The Morgan fingerprint density at radius 3 is 2.67 bits per heavy atom. The monoisotopic (exact) mass is 246 g/mol. The Balaban J connectivity index is 2.25. The second-order valence-electron chi connectivity index (χ2n) is 3.87. The molecule has 0 aliphatic heterocycles. The van der Waals surface area contributed by atoms with Crippen LogP contribution in [0.25, 0.3) is 11.4 Å². The van der Waals surface area contributed by atoms with Gasteiger partial charge in [0, 0.05) is 11.3 Å². The first kappa shape index (κ1) is 12.1. The lowest BCUT2D eigenvalue weighted by Gasteiger charge is -2.07. The minimum absolute atomic E-state index is 0.358. The highest BCUT2D eigenvalue weighted by Crippen LogP contribution is 2.17. The highest BCUT2D eigenvalue weighted by atomic mass is 16.5. The van der Waals surface area contributed by atoms with Crippen LogP contribution in [0.15, 0.2) is 30.6 Å². The van der Waals surface area contributed by atoms with E-state index in [1.807, 2.05) is 12.1 Å². The van der Waals surface area contributed by atoms with Gasteiger partial charge in [0.15, 0.2) is 5.82 Å². The lowest BCUT2D eigenvalue weighted by atomic mass is 10.2. The predicted molar refractivity (Wildman–Crippen MR) is 66.6 cm³/mol. The van der Waals surface area contributed by atoms with E-state index in [0.29, 0.717) is 11.5 Å². The number of hydrogen-bond acceptors (Lipinski definition) is 5. The van der Waals surface area contributed by atoms with Gasteiger partial charge in [-0.2, -0.15) is 5.10 Å². The number of hydrogen-bond donors (Lipinski definition) is 1. The van der Waals surface area contributed by atoms with Crippen molar-refractivity contribution in [2.24, 2.45) is 0 Å². The molecule has 6 heteroatoms. The number of aromatic nitrogens is 3. The Hall–Kier alpha value is -2.37. The molecule has 0 saturated heterocycles. The number of nitrogens with two attached hydrogens (primary N) is 1. The molecule has 0 fully saturated rings. The molecule has 0 saturated carbocycles. The third-order valence-electron chi connectivity index (χ3n) is 2.62. The summed E-state index contributed by atoms with van der Waals surface area (Å²) >= 11 is 0. The summed E-state index contributed by atoms with van der Waals surface area (Å²) in [5.74, 6) is 0.189. The first-order chi connectivity index (χ1) is 8.61. The molecule has 2 N–H and O–H groups in total. The van der Waals surface area contributed by atoms with E-state index in [-0.39, 0.29) is 5.97 Å². The van der Waals surface area contributed by atoms with E-state index in [2.05, 4.69) is 14.8 Å². The van der Waals surface area contributed by atoms with Crippen molar-refractivity contribution in [3.05, 3.63) is 30.6 Å². The molecule has 0 bridgehead atoms. The normalized spacial score (nSPS) is 12.1. The molecule has 0 aliphatic rings. The number of nitrogens with zero attached hydrogens (tertiary/aromatic N) is 3. The molecule has 18 heavy (non-hydrogen) atoms. The highest BCUT2D eigenvalue weighted by Gasteiger charge is 2.17. The Labute approximate surface area is 104 Å². The van der Waals surface area contributed by atoms with Gasteiger partial charge in [0.2, 0.25) is 0 Å². The average Bonchev–Trinajstić information content (AvgIpc) is 2.87. The van der Waals surface area contributed by atoms with E-state index in [0.717, 1.165) is 5.56 Å². The molecule has 0 amide bonds. The van der Waals surface area contributed by atoms with Crippen molar-refractivity contribution in [2.45, 2.75) is 13.0 Å². The van der Waals surface area contributed by atoms with Gasteiger partial charge in [0.1, 0.15) is 12.4 Å². The molecule has 2 rings (SSSR count). The number of ether oxygens (including phenoxy) is 1. The number of esters is 1. The molecule has 6 nitrogen and oxygen atoms in total. The minimum Gasteiger partial charge on any atom is -0.467 e. The molecule has 0 aliphatic carbocycles. The zero-order valence-corrected chi connectivity index (χ0v) is 10.2. The summed E-state index contributed by atoms with van der Waals surface area (Å²) in [5, 5.41) is 4.24. The van der Waals surface area contributed by atoms with Crippen LogP contribution in [0.2, 0.25) is 0 Å². The van der Waals surface area contributed by atoms with E-state index in [4.69, 9.17) is 5.73 Å². The van der Waals surface area contributed by atoms with Crippen LogP contribution in [0.5, 0.6) is 0 Å². The van der Waals surface area contributed by atoms with Crippen LogP contribution < -0.4 is 5.73 Å². The van der Waals surface area contributed by atoms with Gasteiger partial charge in [-0.15, -0.1) is 0 Å². The summed E-state index contributed by atoms with van der Waals surface area (Å²) in [6, 6.07) is 6.72. The highest BCUT2D eigenvalue weighted by molar-refractivity contribution is 5.73. The van der Waals surface area contributed by atoms with Crippen molar-refractivity contribution in [1.82, 2.24) is 14.8 Å². The average molecular weight is 246 g/mol. The minimum atomic E-state index is -0.495. The molecule has 1 aromatic heterocycles. The van der Waals surface area contributed by atoms with E-state index in [1.54, 1.807) is 19.1 Å². The smallest absolute Gasteiger partial charge is 0.330 e. The van der Waals surface area contributed by atoms with E-state index in [9.17, 15) is 4.79 Å². The summed E-state index contributed by atoms with van der Waals surface area (Å²) in [6.45, 7) is 1.70. The Morgan fingerprint density at radius 1 is 1.39 bits per heavy atom. The van der Waals surface area contributed by atoms with Gasteiger partial charge in [-0.3, -0.25) is 0 Å². The molecule has 1 aromatic carbocycles. The van der Waals surface area contributed by atoms with Crippen LogP contribution in [-0.2, 0) is 9.53 Å². The lowest BCUT2D eigenvalue weighted by molar-refractivity contribution is -0.144. The molecule has 2 aromatic rings. The summed E-state index contributed by atoms with van der Waals surface area (Å²) in [4.78, 5) is 15.5. The SMILES string of the molecule is COC(=O)C(C)n1cnc(-c2ccc(N)cc2)n1. The number of anilines is 1. The fourth-order valence-electron chi connectivity index (χ4n) is 1.50. The fourth-order valence-corrected chi connectivity index (χ4v) is 1.50. The van der Waals surface area contributed by atoms with Gasteiger partial charge >= 0.3 is 5.97 Å². The molecule has 1 unspecified atom stereocenters. The Kier molecular flexibility index (Phi) is 3.27. The van der Waals surface area contributed by atoms with Crippen molar-refractivity contribution in [3.8, 4) is 11.4 Å². The van der Waals surface area contributed by atoms with Crippen LogP contribution >= 0.6 is 0 Å². The van der Waals surface area contributed by atoms with Gasteiger partial charge in [0.05, 0.1) is 7.11 Å². The largest absolute Gasteiger partial charge is 0.467 e. The van der Waals surface area contributed by atoms with Crippen molar-refractivity contribution in [2.75, 3.05) is 12.8 Å². The molecular weight excluding hydrogens is 232 g/mol. The van der Waals surface area contributed by atoms with Gasteiger partial charge < -0.3 is 10.5 Å². The third-order valence-corrected chi connectivity index (χ3v) is 2.62. The molecule has 1 atom stereocenters. The van der Waals surface area contributed by atoms with E-state index in [1.165, 1.54) is 18.1 Å². The number of benzene rings is 1. The van der Waals surface area contributed by atoms with E-state index < -0.39 is 6.04 Å². The summed E-state index contributed by atoms with van der Waals surface area (Å²) in [6.07, 6.45) is 1.51. The summed E-state index contributed by atoms with van der Waals surface area (Å²) < 4.78 is 6.12. The van der Waals surface area contributed by atoms with Gasteiger partial charge in [0.25, 0.3) is 0 Å². The lowest BCUT2D eigenvalue weighted by Crippen LogP contribution is -2.18. The van der Waals surface area contributed by atoms with Crippen molar-refractivity contribution < 1.29 is 9.53 Å². The number of methoxy groups -OCH3 is 1. The number of carbonyl (C=O) groups is 1. The first-order valence-electron chi connectivity index (χ1n) is 5.46. The Morgan fingerprint density at radius 2 is 2.06 bits per heavy atom. The molecule has 1 heterocycles. The second kappa shape index (κ2) is 4.87. The first-order valence-corrected chi connectivity index (χ1v) is 5.46. The number of carbonyl (C=O) groups excluding carboxylic acids is 1. The van der Waals surface area contributed by atoms with Crippen molar-refractivity contribution >= 4 is 11.7 Å². The number of nitrogen functional groups attached to an aromatic ring is 1. The van der Waals surface area contributed by atoms with E-state index >= 15 is 0 Å². The number of rotatable bonds is 3. The maximum absolute atomic E-state index is 11.4. The molecule has 0 radical (unpaired) electrons. The maximum Gasteiger partial charge on any atom is 0.330 e. The molecule has 94 valence electrons. The van der Waals surface area contributed by atoms with Gasteiger partial charge in [-0.1, -0.05) is 0 Å². The fraction of sp³-hybridized carbons (Fsp3) is 0.250. The molecule has 0 spiro atoms. The van der Waals surface area contributed by atoms with Crippen LogP contribution in [0.4, 0.5) is 5.69 Å². The maximum atomic E-state index is 11.4. The standard InChI is InChI=1S/C12H14N4O2/c1-8(12(17)18-2)16-7-14-11(15-16)9-3-5-10(13)6-4-9/h3-8H,13H2,1-2H3. The Bertz CT molecular complexity index is 547. The zero-order chi connectivity index (χ0) is 13.1. The van der Waals surface area contributed by atoms with Crippen LogP contribution in [-0.4, -0.2) is 27.8 Å². The predicted octanol–water partition coefficient (Wildman–Crippen LogP) is 1.26. The van der Waals surface area contributed by atoms with Crippen molar-refractivity contribution in [3.63, 3.8) is 0 Å². The quantitative estimate of drug-likeness (QED) is 0.651. The zero-order valence-electron chi connectivity index (χ0n) is 10.2. The van der Waals surface area contributed by atoms with Crippen LogP contribution in [0.1, 0.15) is 13.0 Å². The van der Waals surface area contributed by atoms with Crippen LogP contribution in [0.3, 0.4) is 0 Å². The summed E-state index contributed by atoms with van der Waals surface area (Å²) in [7, 11) is 1.34. The third kappa shape index (κ3) is 2.32. The summed E-state index contributed by atoms with van der Waals surface area (Å²) in [5.41, 5.74) is 7.14. The second-order valence-corrected chi connectivity index (χ2v) is 3.87. The van der Waals surface area contributed by atoms with Crippen LogP contribution in [0, 0.1) is 0 Å².